The Morgan fingerprint density at radius 1 is 1.40 bits per heavy atom. The first-order chi connectivity index (χ1) is 7.45. The standard InChI is InChI=1S/C11H15N3S/c1-2-6-11(12-7-3-1)14-13-9-10-5-4-8-15-10/h4-5,8-9H,1-3,6-7H2,(H,12,14)/p+1/b13-9-. The Morgan fingerprint density at radius 3 is 3.27 bits per heavy atom. The Kier molecular flexibility index (Phi) is 3.91. The fourth-order valence-electron chi connectivity index (χ4n) is 1.57. The molecular formula is C11H16N3S+. The third-order valence-electron chi connectivity index (χ3n) is 2.38. The van der Waals surface area contributed by atoms with E-state index in [1.54, 1.807) is 11.3 Å². The monoisotopic (exact) mass is 222 g/mol. The molecule has 0 saturated carbocycles. The van der Waals surface area contributed by atoms with Crippen LogP contribution in [0.4, 0.5) is 0 Å². The second-order valence-electron chi connectivity index (χ2n) is 3.60. The Balaban J connectivity index is 1.84. The van der Waals surface area contributed by atoms with Crippen LogP contribution < -0.4 is 10.4 Å². The van der Waals surface area contributed by atoms with Gasteiger partial charge in [0, 0.05) is 4.88 Å². The first-order valence-corrected chi connectivity index (χ1v) is 6.25. The molecule has 0 aliphatic carbocycles. The van der Waals surface area contributed by atoms with Gasteiger partial charge in [0.15, 0.2) is 0 Å². The predicted octanol–water partition coefficient (Wildman–Crippen LogP) is 0.725. The van der Waals surface area contributed by atoms with Gasteiger partial charge in [-0.3, -0.25) is 4.99 Å². The van der Waals surface area contributed by atoms with E-state index in [1.165, 1.54) is 24.1 Å². The highest BCUT2D eigenvalue weighted by Crippen LogP contribution is 2.04. The molecule has 15 heavy (non-hydrogen) atoms. The lowest BCUT2D eigenvalue weighted by molar-refractivity contribution is -0.459. The lowest BCUT2D eigenvalue weighted by Gasteiger charge is -1.92. The summed E-state index contributed by atoms with van der Waals surface area (Å²) < 4.78 is 0. The summed E-state index contributed by atoms with van der Waals surface area (Å²) in [5.74, 6) is 1.15. The lowest BCUT2D eigenvalue weighted by atomic mass is 10.2. The molecular weight excluding hydrogens is 206 g/mol. The summed E-state index contributed by atoms with van der Waals surface area (Å²) in [6, 6.07) is 4.09. The first-order valence-electron chi connectivity index (χ1n) is 5.37. The van der Waals surface area contributed by atoms with Crippen molar-refractivity contribution in [3.05, 3.63) is 22.4 Å². The van der Waals surface area contributed by atoms with Crippen LogP contribution in [0.25, 0.3) is 0 Å². The fourth-order valence-corrected chi connectivity index (χ4v) is 2.15. The molecule has 0 fully saturated rings. The number of amidine groups is 1. The van der Waals surface area contributed by atoms with Crippen molar-refractivity contribution in [1.82, 2.24) is 5.43 Å². The molecule has 0 radical (unpaired) electrons. The van der Waals surface area contributed by atoms with E-state index in [0.717, 1.165) is 18.8 Å². The number of nitrogens with one attached hydrogen (secondary N) is 2. The molecule has 3 nitrogen and oxygen atoms in total. The molecule has 0 atom stereocenters. The molecule has 0 saturated heterocycles. The Morgan fingerprint density at radius 2 is 2.40 bits per heavy atom. The number of hydrogen-bond donors (Lipinski definition) is 2. The second kappa shape index (κ2) is 5.66. The van der Waals surface area contributed by atoms with Crippen molar-refractivity contribution >= 4 is 23.4 Å². The third-order valence-corrected chi connectivity index (χ3v) is 3.18. The zero-order valence-electron chi connectivity index (χ0n) is 8.70. The molecule has 2 rings (SSSR count). The number of hydrazone groups is 1. The summed E-state index contributed by atoms with van der Waals surface area (Å²) in [6.07, 6.45) is 6.78. The number of rotatable bonds is 2. The summed E-state index contributed by atoms with van der Waals surface area (Å²) >= 11 is 1.69. The number of hydrogen-bond acceptors (Lipinski definition) is 3. The Hall–Kier alpha value is -1.16. The average Bonchev–Trinajstić information content (AvgIpc) is 2.62. The second-order valence-corrected chi connectivity index (χ2v) is 4.58. The van der Waals surface area contributed by atoms with Crippen LogP contribution in [0.1, 0.15) is 30.6 Å². The highest BCUT2D eigenvalue weighted by Gasteiger charge is 2.07. The van der Waals surface area contributed by atoms with Gasteiger partial charge in [-0.15, -0.1) is 11.3 Å². The van der Waals surface area contributed by atoms with Gasteiger partial charge >= 0.3 is 0 Å². The summed E-state index contributed by atoms with van der Waals surface area (Å²) in [6.45, 7) is 1.07. The fraction of sp³-hybridized carbons (Fsp3) is 0.455. The van der Waals surface area contributed by atoms with Crippen LogP contribution in [-0.2, 0) is 0 Å². The van der Waals surface area contributed by atoms with E-state index in [4.69, 9.17) is 0 Å². The highest BCUT2D eigenvalue weighted by molar-refractivity contribution is 7.11. The molecule has 1 aromatic heterocycles. The molecule has 0 unspecified atom stereocenters. The van der Waals surface area contributed by atoms with Gasteiger partial charge in [0.2, 0.25) is 0 Å². The van der Waals surface area contributed by atoms with E-state index in [9.17, 15) is 0 Å². The average molecular weight is 222 g/mol. The van der Waals surface area contributed by atoms with Crippen LogP contribution in [0.2, 0.25) is 0 Å². The summed E-state index contributed by atoms with van der Waals surface area (Å²) in [5.41, 5.74) is 3.08. The topological polar surface area (TPSA) is 38.4 Å². The van der Waals surface area contributed by atoms with Crippen molar-refractivity contribution in [2.24, 2.45) is 5.10 Å². The number of thiophene rings is 1. The van der Waals surface area contributed by atoms with Gasteiger partial charge in [-0.1, -0.05) is 11.2 Å². The summed E-state index contributed by atoms with van der Waals surface area (Å²) in [5, 5.41) is 6.27. The van der Waals surface area contributed by atoms with Gasteiger partial charge in [-0.05, 0) is 30.7 Å². The van der Waals surface area contributed by atoms with Crippen LogP contribution in [-0.4, -0.2) is 18.6 Å². The SMILES string of the molecule is C(=N/NC1=[NH+]CCCCC1)/c1cccs1. The minimum atomic E-state index is 1.07. The van der Waals surface area contributed by atoms with Gasteiger partial charge in [-0.25, -0.2) is 0 Å². The van der Waals surface area contributed by atoms with Crippen molar-refractivity contribution in [1.29, 1.82) is 0 Å². The van der Waals surface area contributed by atoms with Crippen LogP contribution in [0.5, 0.6) is 0 Å². The Bertz CT molecular complexity index is 341. The molecule has 0 amide bonds. The lowest BCUT2D eigenvalue weighted by Crippen LogP contribution is -2.75. The van der Waals surface area contributed by atoms with Gasteiger partial charge in [0.25, 0.3) is 5.84 Å². The molecule has 0 aromatic carbocycles. The van der Waals surface area contributed by atoms with Gasteiger partial charge in [0.1, 0.15) is 0 Å². The molecule has 80 valence electrons. The largest absolute Gasteiger partial charge is 0.277 e. The van der Waals surface area contributed by atoms with Gasteiger partial charge in [0.05, 0.1) is 19.2 Å². The van der Waals surface area contributed by atoms with E-state index < -0.39 is 0 Å². The first kappa shape index (κ1) is 10.4. The normalized spacial score (nSPS) is 17.5. The summed E-state index contributed by atoms with van der Waals surface area (Å²) in [7, 11) is 0. The summed E-state index contributed by atoms with van der Waals surface area (Å²) in [4.78, 5) is 4.53. The van der Waals surface area contributed by atoms with Crippen molar-refractivity contribution in [3.8, 4) is 0 Å². The predicted molar refractivity (Wildman–Crippen MR) is 64.4 cm³/mol. The van der Waals surface area contributed by atoms with Gasteiger partial charge in [-0.2, -0.15) is 5.43 Å². The van der Waals surface area contributed by atoms with Crippen LogP contribution in [0, 0.1) is 0 Å². The van der Waals surface area contributed by atoms with E-state index >= 15 is 0 Å². The van der Waals surface area contributed by atoms with Gasteiger partial charge < -0.3 is 0 Å². The molecule has 2 heterocycles. The maximum Gasteiger partial charge on any atom is 0.267 e. The van der Waals surface area contributed by atoms with Crippen molar-refractivity contribution in [3.63, 3.8) is 0 Å². The Labute approximate surface area is 93.9 Å². The van der Waals surface area contributed by atoms with E-state index in [-0.39, 0.29) is 0 Å². The van der Waals surface area contributed by atoms with E-state index in [2.05, 4.69) is 27.0 Å². The number of nitrogens with zero attached hydrogens (tertiary/aromatic N) is 1. The zero-order valence-corrected chi connectivity index (χ0v) is 9.52. The molecule has 0 spiro atoms. The maximum atomic E-state index is 4.22. The van der Waals surface area contributed by atoms with Crippen molar-refractivity contribution in [2.45, 2.75) is 25.7 Å². The maximum absolute atomic E-state index is 4.22. The third kappa shape index (κ3) is 3.47. The van der Waals surface area contributed by atoms with E-state index in [1.807, 2.05) is 12.3 Å². The minimum absolute atomic E-state index is 1.07. The van der Waals surface area contributed by atoms with E-state index in [0.29, 0.717) is 0 Å². The van der Waals surface area contributed by atoms with Crippen molar-refractivity contribution < 1.29 is 4.99 Å². The molecule has 1 aliphatic heterocycles. The molecule has 1 aromatic rings. The van der Waals surface area contributed by atoms with Crippen LogP contribution in [0.15, 0.2) is 22.6 Å². The molecule has 0 bridgehead atoms. The molecule has 1 aliphatic rings. The quantitative estimate of drug-likeness (QED) is 0.562. The van der Waals surface area contributed by atoms with Crippen LogP contribution in [0.3, 0.4) is 0 Å². The minimum Gasteiger partial charge on any atom is -0.277 e. The highest BCUT2D eigenvalue weighted by atomic mass is 32.1. The smallest absolute Gasteiger partial charge is 0.267 e. The molecule has 2 N–H and O–H groups in total. The molecule has 4 heteroatoms. The zero-order chi connectivity index (χ0) is 10.3. The van der Waals surface area contributed by atoms with Crippen molar-refractivity contribution in [2.75, 3.05) is 6.54 Å². The van der Waals surface area contributed by atoms with Crippen LogP contribution >= 0.6 is 11.3 Å².